The fraction of sp³-hybridized carbons (Fsp3) is 0.333. The molecule has 2 N–H and O–H groups in total. The largest absolute Gasteiger partial charge is 0.481 e. The van der Waals surface area contributed by atoms with Crippen molar-refractivity contribution >= 4 is 22.9 Å². The number of carboxylic acids is 1. The second-order valence-electron chi connectivity index (χ2n) is 6.58. The third-order valence-electron chi connectivity index (χ3n) is 4.58. The van der Waals surface area contributed by atoms with Gasteiger partial charge in [0.2, 0.25) is 0 Å². The van der Waals surface area contributed by atoms with Gasteiger partial charge in [-0.05, 0) is 25.8 Å². The molecule has 3 aromatic rings. The van der Waals surface area contributed by atoms with Gasteiger partial charge in [-0.1, -0.05) is 36.8 Å². The van der Waals surface area contributed by atoms with Crippen LogP contribution in [0.25, 0.3) is 22.3 Å². The Morgan fingerprint density at radius 2 is 1.93 bits per heavy atom. The number of aliphatic carboxylic acids is 1. The van der Waals surface area contributed by atoms with E-state index in [9.17, 15) is 9.59 Å². The number of hydrogen-bond donors (Lipinski definition) is 2. The molecule has 0 spiro atoms. The van der Waals surface area contributed by atoms with Gasteiger partial charge < -0.3 is 10.4 Å². The molecule has 0 unspecified atom stereocenters. The highest BCUT2D eigenvalue weighted by atomic mass is 16.4. The van der Waals surface area contributed by atoms with Gasteiger partial charge in [-0.3, -0.25) is 9.59 Å². The van der Waals surface area contributed by atoms with Gasteiger partial charge in [0.15, 0.2) is 5.65 Å². The number of nitrogens with zero attached hydrogens (tertiary/aromatic N) is 3. The molecule has 2 aromatic heterocycles. The van der Waals surface area contributed by atoms with Crippen LogP contribution in [0.3, 0.4) is 0 Å². The maximum absolute atomic E-state index is 12.8. The van der Waals surface area contributed by atoms with Gasteiger partial charge in [0.05, 0.1) is 22.8 Å². The molecular formula is C21H24N4O3. The molecule has 0 fully saturated rings. The maximum atomic E-state index is 12.8. The van der Waals surface area contributed by atoms with E-state index in [4.69, 9.17) is 10.1 Å². The molecule has 146 valence electrons. The first-order chi connectivity index (χ1) is 13.6. The van der Waals surface area contributed by atoms with Crippen LogP contribution in [0.2, 0.25) is 0 Å². The van der Waals surface area contributed by atoms with Crippen molar-refractivity contribution in [2.75, 3.05) is 6.54 Å². The third kappa shape index (κ3) is 4.54. The highest BCUT2D eigenvalue weighted by Crippen LogP contribution is 2.24. The summed E-state index contributed by atoms with van der Waals surface area (Å²) in [5.74, 6) is -0.956. The minimum Gasteiger partial charge on any atom is -0.481 e. The van der Waals surface area contributed by atoms with Gasteiger partial charge in [-0.25, -0.2) is 9.67 Å². The molecule has 0 atom stereocenters. The summed E-state index contributed by atoms with van der Waals surface area (Å²) < 4.78 is 1.78. The second-order valence-corrected chi connectivity index (χ2v) is 6.58. The zero-order valence-corrected chi connectivity index (χ0v) is 15.9. The summed E-state index contributed by atoms with van der Waals surface area (Å²) >= 11 is 0. The fourth-order valence-electron chi connectivity index (χ4n) is 3.10. The number of carbonyl (C=O) groups is 2. The van der Waals surface area contributed by atoms with E-state index in [2.05, 4.69) is 10.4 Å². The Balaban J connectivity index is 1.80. The van der Waals surface area contributed by atoms with Crippen molar-refractivity contribution in [3.05, 3.63) is 48.2 Å². The van der Waals surface area contributed by atoms with E-state index >= 15 is 0 Å². The molecule has 28 heavy (non-hydrogen) atoms. The average Bonchev–Trinajstić information content (AvgIpc) is 3.13. The molecule has 0 aliphatic carbocycles. The number of fused-ring (bicyclic) bond motifs is 1. The highest BCUT2D eigenvalue weighted by Gasteiger charge is 2.17. The van der Waals surface area contributed by atoms with Crippen molar-refractivity contribution in [1.82, 2.24) is 20.1 Å². The predicted molar refractivity (Wildman–Crippen MR) is 107 cm³/mol. The molecule has 3 rings (SSSR count). The van der Waals surface area contributed by atoms with E-state index in [1.165, 1.54) is 0 Å². The van der Waals surface area contributed by atoms with Crippen LogP contribution in [0.5, 0.6) is 0 Å². The molecule has 0 saturated heterocycles. The minimum atomic E-state index is -0.787. The summed E-state index contributed by atoms with van der Waals surface area (Å²) in [6, 6.07) is 11.6. The van der Waals surface area contributed by atoms with E-state index in [-0.39, 0.29) is 12.3 Å². The number of hydrogen-bond acceptors (Lipinski definition) is 4. The van der Waals surface area contributed by atoms with Crippen molar-refractivity contribution < 1.29 is 14.7 Å². The monoisotopic (exact) mass is 380 g/mol. The Labute approximate surface area is 163 Å². The maximum Gasteiger partial charge on any atom is 0.303 e. The summed E-state index contributed by atoms with van der Waals surface area (Å²) in [4.78, 5) is 28.1. The fourth-order valence-corrected chi connectivity index (χ4v) is 3.10. The summed E-state index contributed by atoms with van der Waals surface area (Å²) in [5, 5.41) is 16.7. The molecule has 7 nitrogen and oxygen atoms in total. The van der Waals surface area contributed by atoms with Crippen LogP contribution in [-0.2, 0) is 11.3 Å². The van der Waals surface area contributed by atoms with Crippen molar-refractivity contribution in [2.45, 2.75) is 39.2 Å². The number of pyridine rings is 1. The van der Waals surface area contributed by atoms with Gasteiger partial charge in [0.25, 0.3) is 5.91 Å². The van der Waals surface area contributed by atoms with Crippen LogP contribution >= 0.6 is 0 Å². The summed E-state index contributed by atoms with van der Waals surface area (Å²) in [5.41, 5.74) is 2.91. The van der Waals surface area contributed by atoms with E-state index < -0.39 is 5.97 Å². The molecule has 0 aliphatic rings. The Morgan fingerprint density at radius 3 is 2.64 bits per heavy atom. The lowest BCUT2D eigenvalue weighted by Crippen LogP contribution is -2.24. The summed E-state index contributed by atoms with van der Waals surface area (Å²) in [7, 11) is 0. The van der Waals surface area contributed by atoms with E-state index in [1.807, 2.05) is 37.3 Å². The van der Waals surface area contributed by atoms with Gasteiger partial charge in [-0.15, -0.1) is 0 Å². The van der Waals surface area contributed by atoms with Crippen LogP contribution in [0.1, 0.15) is 43.0 Å². The molecule has 0 radical (unpaired) electrons. The topological polar surface area (TPSA) is 97.1 Å². The standard InChI is InChI=1S/C21H24N4O3/c1-2-25-20-17(14-23-25)16(13-18(24-20)15-9-5-3-6-10-15)21(28)22-12-8-4-7-11-19(26)27/h3,5-6,9-10,13-14H,2,4,7-8,11-12H2,1H3,(H,22,28)(H,26,27). The van der Waals surface area contributed by atoms with Crippen LogP contribution in [0.15, 0.2) is 42.6 Å². The number of aromatic nitrogens is 3. The number of carbonyl (C=O) groups excluding carboxylic acids is 1. The Bertz CT molecular complexity index is 966. The van der Waals surface area contributed by atoms with Crippen molar-refractivity contribution in [3.63, 3.8) is 0 Å². The second kappa shape index (κ2) is 9.12. The Kier molecular flexibility index (Phi) is 6.37. The molecule has 0 saturated carbocycles. The molecule has 1 amide bonds. The lowest BCUT2D eigenvalue weighted by Gasteiger charge is -2.09. The number of benzene rings is 1. The number of rotatable bonds is 9. The third-order valence-corrected chi connectivity index (χ3v) is 4.58. The first kappa shape index (κ1) is 19.5. The van der Waals surface area contributed by atoms with Crippen molar-refractivity contribution in [1.29, 1.82) is 0 Å². The van der Waals surface area contributed by atoms with Crippen molar-refractivity contribution in [3.8, 4) is 11.3 Å². The van der Waals surface area contributed by atoms with E-state index in [0.29, 0.717) is 30.7 Å². The summed E-state index contributed by atoms with van der Waals surface area (Å²) in [6.07, 6.45) is 3.97. The lowest BCUT2D eigenvalue weighted by atomic mass is 10.1. The van der Waals surface area contributed by atoms with Crippen LogP contribution in [0.4, 0.5) is 0 Å². The number of unbranched alkanes of at least 4 members (excludes halogenated alkanes) is 2. The first-order valence-corrected chi connectivity index (χ1v) is 9.52. The molecular weight excluding hydrogens is 356 g/mol. The molecule has 7 heteroatoms. The first-order valence-electron chi connectivity index (χ1n) is 9.52. The van der Waals surface area contributed by atoms with Gasteiger partial charge in [0.1, 0.15) is 0 Å². The number of carboxylic acid groups (broad SMARTS) is 1. The highest BCUT2D eigenvalue weighted by molar-refractivity contribution is 6.06. The molecule has 0 bridgehead atoms. The average molecular weight is 380 g/mol. The SMILES string of the molecule is CCn1ncc2c(C(=O)NCCCCCC(=O)O)cc(-c3ccccc3)nc21. The number of nitrogens with one attached hydrogen (secondary N) is 1. The van der Waals surface area contributed by atoms with E-state index in [0.717, 1.165) is 29.5 Å². The summed E-state index contributed by atoms with van der Waals surface area (Å²) in [6.45, 7) is 3.16. The number of amides is 1. The van der Waals surface area contributed by atoms with Crippen LogP contribution in [-0.4, -0.2) is 38.3 Å². The lowest BCUT2D eigenvalue weighted by molar-refractivity contribution is -0.137. The Hall–Kier alpha value is -3.22. The Morgan fingerprint density at radius 1 is 1.14 bits per heavy atom. The quantitative estimate of drug-likeness (QED) is 0.554. The van der Waals surface area contributed by atoms with Gasteiger partial charge >= 0.3 is 5.97 Å². The zero-order chi connectivity index (χ0) is 19.9. The normalized spacial score (nSPS) is 10.9. The molecule has 0 aliphatic heterocycles. The van der Waals surface area contributed by atoms with Crippen LogP contribution in [0, 0.1) is 0 Å². The van der Waals surface area contributed by atoms with E-state index in [1.54, 1.807) is 16.9 Å². The van der Waals surface area contributed by atoms with Gasteiger partial charge in [0, 0.05) is 25.1 Å². The number of aryl methyl sites for hydroxylation is 1. The minimum absolute atomic E-state index is 0.162. The zero-order valence-electron chi connectivity index (χ0n) is 15.9. The molecule has 1 aromatic carbocycles. The van der Waals surface area contributed by atoms with Crippen LogP contribution < -0.4 is 5.32 Å². The van der Waals surface area contributed by atoms with Crippen molar-refractivity contribution in [2.24, 2.45) is 0 Å². The molecule has 2 heterocycles. The van der Waals surface area contributed by atoms with Gasteiger partial charge in [-0.2, -0.15) is 5.10 Å². The smallest absolute Gasteiger partial charge is 0.303 e. The predicted octanol–water partition coefficient (Wildman–Crippen LogP) is 3.49.